The Hall–Kier alpha value is -3.60. The lowest BCUT2D eigenvalue weighted by molar-refractivity contribution is -0.111. The van der Waals surface area contributed by atoms with Crippen LogP contribution in [-0.2, 0) is 9.53 Å². The fraction of sp³-hybridized carbons (Fsp3) is 0.0909. The Kier molecular flexibility index (Phi) is 4.58. The van der Waals surface area contributed by atoms with Crippen molar-refractivity contribution in [3.05, 3.63) is 78.4 Å². The fourth-order valence-corrected chi connectivity index (χ4v) is 3.12. The summed E-state index contributed by atoms with van der Waals surface area (Å²) < 4.78 is 4.95. The number of rotatable bonds is 4. The zero-order valence-electron chi connectivity index (χ0n) is 14.6. The molecule has 1 saturated heterocycles. The predicted octanol–water partition coefficient (Wildman–Crippen LogP) is 4.45. The third-order valence-corrected chi connectivity index (χ3v) is 4.42. The van der Waals surface area contributed by atoms with Gasteiger partial charge in [0.15, 0.2) is 0 Å². The largest absolute Gasteiger partial charge is 0.447 e. The predicted molar refractivity (Wildman–Crippen MR) is 107 cm³/mol. The van der Waals surface area contributed by atoms with Crippen LogP contribution in [0.25, 0.3) is 16.8 Å². The van der Waals surface area contributed by atoms with Gasteiger partial charge in [0.05, 0.1) is 6.54 Å². The molecule has 3 aromatic carbocycles. The second-order valence-electron chi connectivity index (χ2n) is 6.21. The maximum Gasteiger partial charge on any atom is 0.414 e. The van der Waals surface area contributed by atoms with E-state index in [0.717, 1.165) is 16.3 Å². The molecule has 5 heteroatoms. The summed E-state index contributed by atoms with van der Waals surface area (Å²) >= 11 is 0. The number of hydrogen-bond acceptors (Lipinski definition) is 3. The Labute approximate surface area is 156 Å². The van der Waals surface area contributed by atoms with E-state index in [0.29, 0.717) is 24.5 Å². The molecule has 0 aliphatic carbocycles. The molecule has 0 atom stereocenters. The number of cyclic esters (lactones) is 1. The molecular formula is C22H18N2O3. The number of carbonyl (C=O) groups excluding carboxylic acids is 2. The van der Waals surface area contributed by atoms with Gasteiger partial charge in [-0.3, -0.25) is 9.69 Å². The number of anilines is 2. The molecule has 5 nitrogen and oxygen atoms in total. The highest BCUT2D eigenvalue weighted by Gasteiger charge is 2.23. The maximum atomic E-state index is 12.3. The van der Waals surface area contributed by atoms with E-state index in [1.165, 1.54) is 6.08 Å². The first-order chi connectivity index (χ1) is 13.2. The molecule has 1 heterocycles. The number of fused-ring (bicyclic) bond motifs is 1. The van der Waals surface area contributed by atoms with Crippen molar-refractivity contribution in [1.82, 2.24) is 0 Å². The summed E-state index contributed by atoms with van der Waals surface area (Å²) in [5.41, 5.74) is 2.31. The van der Waals surface area contributed by atoms with Gasteiger partial charge in [-0.25, -0.2) is 4.79 Å². The lowest BCUT2D eigenvalue weighted by Crippen LogP contribution is -2.23. The Morgan fingerprint density at radius 1 is 1.04 bits per heavy atom. The van der Waals surface area contributed by atoms with Crippen LogP contribution in [0.5, 0.6) is 0 Å². The SMILES string of the molecule is O=C(/C=C/c1cccc2ccccc12)Nc1cccc(N2CCOC2=O)c1. The first-order valence-electron chi connectivity index (χ1n) is 8.72. The van der Waals surface area contributed by atoms with Gasteiger partial charge in [0.25, 0.3) is 0 Å². The first-order valence-corrected chi connectivity index (χ1v) is 8.72. The molecule has 2 amide bonds. The van der Waals surface area contributed by atoms with E-state index in [-0.39, 0.29) is 12.0 Å². The molecule has 3 aromatic rings. The average Bonchev–Trinajstić information content (AvgIpc) is 3.12. The molecule has 0 radical (unpaired) electrons. The maximum absolute atomic E-state index is 12.3. The van der Waals surface area contributed by atoms with Crippen molar-refractivity contribution in [2.75, 3.05) is 23.4 Å². The average molecular weight is 358 g/mol. The van der Waals surface area contributed by atoms with Crippen molar-refractivity contribution in [1.29, 1.82) is 0 Å². The lowest BCUT2D eigenvalue weighted by Gasteiger charge is -2.13. The van der Waals surface area contributed by atoms with Crippen LogP contribution in [0.2, 0.25) is 0 Å². The highest BCUT2D eigenvalue weighted by Crippen LogP contribution is 2.23. The van der Waals surface area contributed by atoms with Crippen LogP contribution < -0.4 is 10.2 Å². The Balaban J connectivity index is 1.49. The summed E-state index contributed by atoms with van der Waals surface area (Å²) in [5.74, 6) is -0.232. The molecule has 0 bridgehead atoms. The van der Waals surface area contributed by atoms with Crippen molar-refractivity contribution in [2.24, 2.45) is 0 Å². The van der Waals surface area contributed by atoms with Crippen LogP contribution in [-0.4, -0.2) is 25.2 Å². The molecule has 0 aromatic heterocycles. The topological polar surface area (TPSA) is 58.6 Å². The molecule has 1 aliphatic heterocycles. The van der Waals surface area contributed by atoms with Crippen molar-refractivity contribution in [2.45, 2.75) is 0 Å². The Morgan fingerprint density at radius 2 is 1.85 bits per heavy atom. The number of nitrogens with one attached hydrogen (secondary N) is 1. The van der Waals surface area contributed by atoms with Crippen LogP contribution >= 0.6 is 0 Å². The zero-order valence-corrected chi connectivity index (χ0v) is 14.6. The summed E-state index contributed by atoms with van der Waals surface area (Å²) in [4.78, 5) is 25.5. The molecule has 1 aliphatic rings. The van der Waals surface area contributed by atoms with Gasteiger partial charge in [-0.15, -0.1) is 0 Å². The fourth-order valence-electron chi connectivity index (χ4n) is 3.12. The van der Waals surface area contributed by atoms with Crippen molar-refractivity contribution in [3.63, 3.8) is 0 Å². The van der Waals surface area contributed by atoms with Crippen LogP contribution in [0.15, 0.2) is 72.8 Å². The number of amides is 2. The Morgan fingerprint density at radius 3 is 2.70 bits per heavy atom. The van der Waals surface area contributed by atoms with Gasteiger partial charge in [-0.05, 0) is 40.6 Å². The minimum absolute atomic E-state index is 0.232. The zero-order chi connectivity index (χ0) is 18.6. The van der Waals surface area contributed by atoms with E-state index in [2.05, 4.69) is 5.32 Å². The molecule has 4 rings (SSSR count). The van der Waals surface area contributed by atoms with Crippen molar-refractivity contribution >= 4 is 40.2 Å². The van der Waals surface area contributed by atoms with E-state index in [9.17, 15) is 9.59 Å². The molecule has 1 fully saturated rings. The van der Waals surface area contributed by atoms with Gasteiger partial charge in [0.1, 0.15) is 6.61 Å². The van der Waals surface area contributed by atoms with Gasteiger partial charge in [0.2, 0.25) is 5.91 Å². The molecule has 0 saturated carbocycles. The van der Waals surface area contributed by atoms with E-state index < -0.39 is 0 Å². The van der Waals surface area contributed by atoms with Crippen molar-refractivity contribution < 1.29 is 14.3 Å². The minimum atomic E-state index is -0.366. The molecular weight excluding hydrogens is 340 g/mol. The number of nitrogens with zero attached hydrogens (tertiary/aromatic N) is 1. The number of hydrogen-bond donors (Lipinski definition) is 1. The third kappa shape index (κ3) is 3.67. The second-order valence-corrected chi connectivity index (χ2v) is 6.21. The molecule has 134 valence electrons. The summed E-state index contributed by atoms with van der Waals surface area (Å²) in [7, 11) is 0. The first kappa shape index (κ1) is 16.8. The Bertz CT molecular complexity index is 1040. The summed E-state index contributed by atoms with van der Waals surface area (Å²) in [5, 5.41) is 5.06. The van der Waals surface area contributed by atoms with Crippen LogP contribution in [0.1, 0.15) is 5.56 Å². The molecule has 1 N–H and O–H groups in total. The number of carbonyl (C=O) groups is 2. The van der Waals surface area contributed by atoms with Gasteiger partial charge < -0.3 is 10.1 Å². The van der Waals surface area contributed by atoms with E-state index in [4.69, 9.17) is 4.74 Å². The summed E-state index contributed by atoms with van der Waals surface area (Å²) in [6.07, 6.45) is 2.95. The molecule has 0 spiro atoms. The minimum Gasteiger partial charge on any atom is -0.447 e. The number of ether oxygens (including phenoxy) is 1. The standard InChI is InChI=1S/C22H18N2O3/c25-21(12-11-17-7-3-6-16-5-1-2-10-20(16)17)23-18-8-4-9-19(15-18)24-13-14-27-22(24)26/h1-12,15H,13-14H2,(H,23,25)/b12-11+. The van der Waals surface area contributed by atoms with Gasteiger partial charge in [-0.2, -0.15) is 0 Å². The smallest absolute Gasteiger partial charge is 0.414 e. The van der Waals surface area contributed by atoms with Crippen LogP contribution in [0, 0.1) is 0 Å². The van der Waals surface area contributed by atoms with Crippen LogP contribution in [0.3, 0.4) is 0 Å². The van der Waals surface area contributed by atoms with E-state index in [1.807, 2.05) is 48.5 Å². The van der Waals surface area contributed by atoms with Crippen LogP contribution in [0.4, 0.5) is 16.2 Å². The highest BCUT2D eigenvalue weighted by atomic mass is 16.6. The normalized spacial score (nSPS) is 13.9. The van der Waals surface area contributed by atoms with E-state index >= 15 is 0 Å². The number of benzene rings is 3. The molecule has 27 heavy (non-hydrogen) atoms. The van der Waals surface area contributed by atoms with Crippen molar-refractivity contribution in [3.8, 4) is 0 Å². The summed E-state index contributed by atoms with van der Waals surface area (Å²) in [6.45, 7) is 0.889. The van der Waals surface area contributed by atoms with Gasteiger partial charge in [0, 0.05) is 17.5 Å². The van der Waals surface area contributed by atoms with Gasteiger partial charge in [-0.1, -0.05) is 48.5 Å². The summed E-state index contributed by atoms with van der Waals surface area (Å²) in [6, 6.07) is 21.2. The lowest BCUT2D eigenvalue weighted by atomic mass is 10.0. The monoisotopic (exact) mass is 358 g/mol. The highest BCUT2D eigenvalue weighted by molar-refractivity contribution is 6.04. The second kappa shape index (κ2) is 7.33. The molecule has 0 unspecified atom stereocenters. The third-order valence-electron chi connectivity index (χ3n) is 4.42. The van der Waals surface area contributed by atoms with E-state index in [1.54, 1.807) is 29.2 Å². The quantitative estimate of drug-likeness (QED) is 0.701. The van der Waals surface area contributed by atoms with Gasteiger partial charge >= 0.3 is 6.09 Å².